The molecule has 3 rings (SSSR count). The number of aryl methyl sites for hydroxylation is 2. The van der Waals surface area contributed by atoms with E-state index in [0.717, 1.165) is 5.75 Å². The van der Waals surface area contributed by atoms with Crippen LogP contribution >= 0.6 is 0 Å². The largest absolute Gasteiger partial charge is 0.490 e. The van der Waals surface area contributed by atoms with Gasteiger partial charge in [-0.1, -0.05) is 0 Å². The SMILES string of the molecule is Cc1cc2ccc(OC3CC3)cc2n1C. The van der Waals surface area contributed by atoms with Crippen LogP contribution in [0.5, 0.6) is 5.75 Å². The minimum absolute atomic E-state index is 0.476. The summed E-state index contributed by atoms with van der Waals surface area (Å²) in [6.45, 7) is 2.13. The zero-order valence-corrected chi connectivity index (χ0v) is 9.16. The summed E-state index contributed by atoms with van der Waals surface area (Å²) < 4.78 is 7.99. The summed E-state index contributed by atoms with van der Waals surface area (Å²) in [4.78, 5) is 0. The smallest absolute Gasteiger partial charge is 0.121 e. The first-order valence-corrected chi connectivity index (χ1v) is 5.47. The second-order valence-electron chi connectivity index (χ2n) is 4.38. The minimum atomic E-state index is 0.476. The Bertz CT molecular complexity index is 508. The number of rotatable bonds is 2. The van der Waals surface area contributed by atoms with Gasteiger partial charge in [-0.15, -0.1) is 0 Å². The van der Waals surface area contributed by atoms with Gasteiger partial charge in [-0.05, 0) is 38.0 Å². The third-order valence-corrected chi connectivity index (χ3v) is 3.08. The van der Waals surface area contributed by atoms with E-state index in [2.05, 4.69) is 42.8 Å². The van der Waals surface area contributed by atoms with Crippen molar-refractivity contribution < 1.29 is 4.74 Å². The second-order valence-corrected chi connectivity index (χ2v) is 4.38. The fourth-order valence-electron chi connectivity index (χ4n) is 1.90. The molecule has 2 aromatic rings. The fraction of sp³-hybridized carbons (Fsp3) is 0.385. The summed E-state index contributed by atoms with van der Waals surface area (Å²) in [5.74, 6) is 1.01. The standard InChI is InChI=1S/C13H15NO/c1-9-7-10-3-4-12(15-11-5-6-11)8-13(10)14(9)2/h3-4,7-8,11H,5-6H2,1-2H3. The third kappa shape index (κ3) is 1.50. The van der Waals surface area contributed by atoms with E-state index in [1.807, 2.05) is 0 Å². The van der Waals surface area contributed by atoms with E-state index in [0.29, 0.717) is 6.10 Å². The monoisotopic (exact) mass is 201 g/mol. The molecule has 0 radical (unpaired) electrons. The molecule has 0 atom stereocenters. The Morgan fingerprint density at radius 3 is 2.80 bits per heavy atom. The number of hydrogen-bond donors (Lipinski definition) is 0. The molecule has 78 valence electrons. The van der Waals surface area contributed by atoms with Crippen molar-refractivity contribution in [2.75, 3.05) is 0 Å². The summed E-state index contributed by atoms with van der Waals surface area (Å²) >= 11 is 0. The lowest BCUT2D eigenvalue weighted by Gasteiger charge is -2.05. The van der Waals surface area contributed by atoms with Gasteiger partial charge in [-0.3, -0.25) is 0 Å². The first-order valence-electron chi connectivity index (χ1n) is 5.47. The van der Waals surface area contributed by atoms with E-state index in [1.54, 1.807) is 0 Å². The van der Waals surface area contributed by atoms with E-state index in [9.17, 15) is 0 Å². The molecular formula is C13H15NO. The van der Waals surface area contributed by atoms with Gasteiger partial charge in [-0.2, -0.15) is 0 Å². The van der Waals surface area contributed by atoms with Gasteiger partial charge in [0.2, 0.25) is 0 Å². The van der Waals surface area contributed by atoms with Crippen LogP contribution in [0, 0.1) is 6.92 Å². The first kappa shape index (κ1) is 8.84. The Morgan fingerprint density at radius 1 is 1.27 bits per heavy atom. The lowest BCUT2D eigenvalue weighted by atomic mass is 10.2. The molecule has 0 bridgehead atoms. The Morgan fingerprint density at radius 2 is 2.07 bits per heavy atom. The topological polar surface area (TPSA) is 14.2 Å². The molecule has 0 saturated heterocycles. The molecule has 1 aromatic carbocycles. The molecule has 1 fully saturated rings. The molecule has 1 aliphatic rings. The van der Waals surface area contributed by atoms with Crippen LogP contribution in [-0.2, 0) is 7.05 Å². The molecule has 0 aliphatic heterocycles. The molecule has 1 heterocycles. The highest BCUT2D eigenvalue weighted by atomic mass is 16.5. The van der Waals surface area contributed by atoms with Gasteiger partial charge in [0.1, 0.15) is 5.75 Å². The molecule has 1 aromatic heterocycles. The van der Waals surface area contributed by atoms with Crippen LogP contribution in [0.3, 0.4) is 0 Å². The quantitative estimate of drug-likeness (QED) is 0.728. The van der Waals surface area contributed by atoms with E-state index >= 15 is 0 Å². The van der Waals surface area contributed by atoms with Gasteiger partial charge in [0.05, 0.1) is 11.6 Å². The predicted octanol–water partition coefficient (Wildman–Crippen LogP) is 3.03. The van der Waals surface area contributed by atoms with Crippen LogP contribution in [0.15, 0.2) is 24.3 Å². The molecule has 2 nitrogen and oxygen atoms in total. The lowest BCUT2D eigenvalue weighted by molar-refractivity contribution is 0.303. The van der Waals surface area contributed by atoms with Crippen molar-refractivity contribution in [3.8, 4) is 5.75 Å². The van der Waals surface area contributed by atoms with Gasteiger partial charge < -0.3 is 9.30 Å². The van der Waals surface area contributed by atoms with Gasteiger partial charge in [0.25, 0.3) is 0 Å². The fourth-order valence-corrected chi connectivity index (χ4v) is 1.90. The Hall–Kier alpha value is -1.44. The molecule has 1 aliphatic carbocycles. The lowest BCUT2D eigenvalue weighted by Crippen LogP contribution is -1.96. The number of ether oxygens (including phenoxy) is 1. The van der Waals surface area contributed by atoms with Gasteiger partial charge in [0, 0.05) is 24.2 Å². The average molecular weight is 201 g/mol. The number of benzene rings is 1. The van der Waals surface area contributed by atoms with Crippen LogP contribution < -0.4 is 4.74 Å². The zero-order valence-electron chi connectivity index (χ0n) is 9.16. The highest BCUT2D eigenvalue weighted by Crippen LogP contribution is 2.29. The van der Waals surface area contributed by atoms with Crippen LogP contribution in [0.25, 0.3) is 10.9 Å². The van der Waals surface area contributed by atoms with Gasteiger partial charge in [0.15, 0.2) is 0 Å². The van der Waals surface area contributed by atoms with E-state index in [4.69, 9.17) is 4.74 Å². The minimum Gasteiger partial charge on any atom is -0.490 e. The average Bonchev–Trinajstić information content (AvgIpc) is 2.98. The second kappa shape index (κ2) is 3.02. The summed E-state index contributed by atoms with van der Waals surface area (Å²) in [6.07, 6.45) is 2.90. The maximum atomic E-state index is 5.78. The Labute approximate surface area is 89.5 Å². The van der Waals surface area contributed by atoms with E-state index in [-0.39, 0.29) is 0 Å². The summed E-state index contributed by atoms with van der Waals surface area (Å²) in [6, 6.07) is 8.55. The first-order chi connectivity index (χ1) is 7.24. The maximum Gasteiger partial charge on any atom is 0.121 e. The van der Waals surface area contributed by atoms with Crippen molar-refractivity contribution >= 4 is 10.9 Å². The molecule has 15 heavy (non-hydrogen) atoms. The zero-order chi connectivity index (χ0) is 10.4. The van der Waals surface area contributed by atoms with Crippen LogP contribution in [0.1, 0.15) is 18.5 Å². The number of aromatic nitrogens is 1. The Kier molecular flexibility index (Phi) is 1.78. The summed E-state index contributed by atoms with van der Waals surface area (Å²) in [5.41, 5.74) is 2.54. The molecular weight excluding hydrogens is 186 g/mol. The van der Waals surface area contributed by atoms with E-state index < -0.39 is 0 Å². The highest BCUT2D eigenvalue weighted by Gasteiger charge is 2.23. The highest BCUT2D eigenvalue weighted by molar-refractivity contribution is 5.82. The van der Waals surface area contributed by atoms with Crippen molar-refractivity contribution in [2.24, 2.45) is 7.05 Å². The van der Waals surface area contributed by atoms with Crippen molar-refractivity contribution in [3.05, 3.63) is 30.0 Å². The number of nitrogens with zero attached hydrogens (tertiary/aromatic N) is 1. The summed E-state index contributed by atoms with van der Waals surface area (Å²) in [5, 5.41) is 1.29. The molecule has 0 amide bonds. The predicted molar refractivity (Wildman–Crippen MR) is 61.3 cm³/mol. The normalized spacial score (nSPS) is 15.9. The van der Waals surface area contributed by atoms with E-state index in [1.165, 1.54) is 29.4 Å². The van der Waals surface area contributed by atoms with Crippen molar-refractivity contribution in [3.63, 3.8) is 0 Å². The summed E-state index contributed by atoms with van der Waals surface area (Å²) in [7, 11) is 2.10. The molecule has 0 unspecified atom stereocenters. The van der Waals surface area contributed by atoms with Gasteiger partial charge >= 0.3 is 0 Å². The van der Waals surface area contributed by atoms with Crippen molar-refractivity contribution in [1.29, 1.82) is 0 Å². The molecule has 1 saturated carbocycles. The number of fused-ring (bicyclic) bond motifs is 1. The van der Waals surface area contributed by atoms with Crippen LogP contribution in [-0.4, -0.2) is 10.7 Å². The molecule has 0 spiro atoms. The van der Waals surface area contributed by atoms with Gasteiger partial charge in [-0.25, -0.2) is 0 Å². The van der Waals surface area contributed by atoms with Crippen LogP contribution in [0.2, 0.25) is 0 Å². The number of hydrogen-bond acceptors (Lipinski definition) is 1. The molecule has 0 N–H and O–H groups in total. The third-order valence-electron chi connectivity index (χ3n) is 3.08. The van der Waals surface area contributed by atoms with Crippen molar-refractivity contribution in [2.45, 2.75) is 25.9 Å². The van der Waals surface area contributed by atoms with Crippen molar-refractivity contribution in [1.82, 2.24) is 4.57 Å². The van der Waals surface area contributed by atoms with Crippen LogP contribution in [0.4, 0.5) is 0 Å². The maximum absolute atomic E-state index is 5.78. The Balaban J connectivity index is 2.06. The molecule has 2 heteroatoms.